The van der Waals surface area contributed by atoms with Crippen LogP contribution in [0.3, 0.4) is 0 Å². The van der Waals surface area contributed by atoms with E-state index in [4.69, 9.17) is 0 Å². The molecule has 1 atom stereocenters. The minimum absolute atomic E-state index is 0.127. The predicted octanol–water partition coefficient (Wildman–Crippen LogP) is 4.11. The third-order valence-corrected chi connectivity index (χ3v) is 4.77. The van der Waals surface area contributed by atoms with Gasteiger partial charge in [-0.15, -0.1) is 11.3 Å². The summed E-state index contributed by atoms with van der Waals surface area (Å²) in [6.07, 6.45) is 4.75. The van der Waals surface area contributed by atoms with Gasteiger partial charge in [0.15, 0.2) is 5.13 Å². The van der Waals surface area contributed by atoms with Crippen molar-refractivity contribution in [3.8, 4) is 0 Å². The average Bonchev–Trinajstić information content (AvgIpc) is 3.16. The minimum Gasteiger partial charge on any atom is -0.344 e. The van der Waals surface area contributed by atoms with E-state index in [-0.39, 0.29) is 17.9 Å². The van der Waals surface area contributed by atoms with E-state index in [1.165, 1.54) is 24.3 Å². The lowest BCUT2D eigenvalue weighted by Crippen LogP contribution is -2.25. The molecule has 0 saturated carbocycles. The second-order valence-electron chi connectivity index (χ2n) is 6.06. The third-order valence-electron chi connectivity index (χ3n) is 3.93. The number of anilines is 2. The number of nitrogens with zero attached hydrogens (tertiary/aromatic N) is 3. The number of aromatic nitrogens is 2. The van der Waals surface area contributed by atoms with Gasteiger partial charge in [-0.3, -0.25) is 19.5 Å². The number of carbonyl (C=O) groups is 2. The van der Waals surface area contributed by atoms with Crippen molar-refractivity contribution in [3.63, 3.8) is 0 Å². The smallest absolute Gasteiger partial charge is 0.244 e. The Morgan fingerprint density at radius 1 is 1.14 bits per heavy atom. The molecule has 1 N–H and O–H groups in total. The lowest BCUT2D eigenvalue weighted by atomic mass is 10.2. The first-order chi connectivity index (χ1) is 13.5. The molecule has 0 saturated heterocycles. The number of nitrogens with one attached hydrogen (secondary N) is 1. The van der Waals surface area contributed by atoms with Crippen LogP contribution >= 0.6 is 11.3 Å². The molecule has 1 unspecified atom stereocenters. The first kappa shape index (κ1) is 19.4. The summed E-state index contributed by atoms with van der Waals surface area (Å²) in [5, 5.41) is 5.22. The van der Waals surface area contributed by atoms with Crippen LogP contribution in [0.2, 0.25) is 0 Å². The number of para-hydroxylation sites is 1. The van der Waals surface area contributed by atoms with Crippen molar-refractivity contribution in [2.75, 3.05) is 4.90 Å². The second kappa shape index (κ2) is 9.05. The monoisotopic (exact) mass is 392 g/mol. The number of hydrogen-bond acceptors (Lipinski definition) is 5. The highest BCUT2D eigenvalue weighted by molar-refractivity contribution is 7.14. The average molecular weight is 392 g/mol. The fourth-order valence-electron chi connectivity index (χ4n) is 2.59. The molecule has 0 aliphatic carbocycles. The van der Waals surface area contributed by atoms with Crippen molar-refractivity contribution in [3.05, 3.63) is 77.6 Å². The Hall–Kier alpha value is -3.32. The fraction of sp³-hybridized carbons (Fsp3) is 0.143. The van der Waals surface area contributed by atoms with Crippen LogP contribution in [0.5, 0.6) is 0 Å². The topological polar surface area (TPSA) is 75.2 Å². The van der Waals surface area contributed by atoms with Crippen LogP contribution in [0.4, 0.5) is 10.8 Å². The van der Waals surface area contributed by atoms with Crippen LogP contribution in [0, 0.1) is 0 Å². The maximum Gasteiger partial charge on any atom is 0.244 e. The molecule has 0 radical (unpaired) electrons. The summed E-state index contributed by atoms with van der Waals surface area (Å²) in [5.74, 6) is -0.364. The summed E-state index contributed by atoms with van der Waals surface area (Å²) >= 11 is 1.34. The molecular weight excluding hydrogens is 372 g/mol. The van der Waals surface area contributed by atoms with Crippen molar-refractivity contribution in [2.24, 2.45) is 0 Å². The summed E-state index contributed by atoms with van der Waals surface area (Å²) in [6, 6.07) is 14.7. The van der Waals surface area contributed by atoms with Gasteiger partial charge in [-0.25, -0.2) is 4.98 Å². The Morgan fingerprint density at radius 2 is 1.89 bits per heavy atom. The van der Waals surface area contributed by atoms with Crippen molar-refractivity contribution in [1.29, 1.82) is 0 Å². The Morgan fingerprint density at radius 3 is 2.57 bits per heavy atom. The molecule has 3 aromatic rings. The zero-order valence-electron chi connectivity index (χ0n) is 15.6. The predicted molar refractivity (Wildman–Crippen MR) is 111 cm³/mol. The first-order valence-corrected chi connectivity index (χ1v) is 9.63. The van der Waals surface area contributed by atoms with Crippen molar-refractivity contribution >= 4 is 40.0 Å². The zero-order chi connectivity index (χ0) is 19.9. The van der Waals surface area contributed by atoms with E-state index in [0.717, 1.165) is 11.4 Å². The number of rotatable bonds is 6. The summed E-state index contributed by atoms with van der Waals surface area (Å²) in [7, 11) is 0. The molecule has 0 fully saturated rings. The van der Waals surface area contributed by atoms with Gasteiger partial charge in [-0.1, -0.05) is 24.3 Å². The molecule has 1 aromatic carbocycles. The second-order valence-corrected chi connectivity index (χ2v) is 6.90. The molecule has 0 aliphatic rings. The number of carbonyl (C=O) groups excluding carboxylic acids is 2. The van der Waals surface area contributed by atoms with Gasteiger partial charge < -0.3 is 5.32 Å². The van der Waals surface area contributed by atoms with Crippen molar-refractivity contribution < 1.29 is 9.59 Å². The van der Waals surface area contributed by atoms with Crippen LogP contribution in [-0.4, -0.2) is 21.8 Å². The van der Waals surface area contributed by atoms with Gasteiger partial charge in [0.1, 0.15) is 0 Å². The lowest BCUT2D eigenvalue weighted by Gasteiger charge is -2.17. The highest BCUT2D eigenvalue weighted by Crippen LogP contribution is 2.29. The maximum absolute atomic E-state index is 12.2. The minimum atomic E-state index is -0.237. The highest BCUT2D eigenvalue weighted by Gasteiger charge is 2.17. The number of thiazole rings is 1. The van der Waals surface area contributed by atoms with Gasteiger partial charge in [0, 0.05) is 24.6 Å². The Labute approximate surface area is 167 Å². The molecule has 7 heteroatoms. The van der Waals surface area contributed by atoms with Crippen LogP contribution in [0.15, 0.2) is 66.2 Å². The van der Waals surface area contributed by atoms with Crippen LogP contribution in [-0.2, 0) is 9.59 Å². The van der Waals surface area contributed by atoms with E-state index >= 15 is 0 Å². The van der Waals surface area contributed by atoms with Gasteiger partial charge in [-0.2, -0.15) is 0 Å². The normalized spacial score (nSPS) is 11.9. The van der Waals surface area contributed by atoms with Crippen LogP contribution in [0.25, 0.3) is 6.08 Å². The van der Waals surface area contributed by atoms with Gasteiger partial charge >= 0.3 is 0 Å². The summed E-state index contributed by atoms with van der Waals surface area (Å²) in [4.78, 5) is 34.5. The highest BCUT2D eigenvalue weighted by atomic mass is 32.1. The molecule has 2 heterocycles. The van der Waals surface area contributed by atoms with E-state index in [2.05, 4.69) is 15.3 Å². The molecule has 3 rings (SSSR count). The zero-order valence-corrected chi connectivity index (χ0v) is 16.4. The molecule has 142 valence electrons. The van der Waals surface area contributed by atoms with E-state index in [1.807, 2.05) is 55.5 Å². The Bertz CT molecular complexity index is 970. The number of hydrogen-bond donors (Lipinski definition) is 1. The molecule has 2 amide bonds. The number of amides is 2. The molecule has 6 nitrogen and oxygen atoms in total. The van der Waals surface area contributed by atoms with Crippen LogP contribution in [0.1, 0.15) is 31.3 Å². The van der Waals surface area contributed by atoms with Gasteiger partial charge in [-0.05, 0) is 37.3 Å². The fourth-order valence-corrected chi connectivity index (χ4v) is 3.44. The van der Waals surface area contributed by atoms with Gasteiger partial charge in [0.05, 0.1) is 23.1 Å². The summed E-state index contributed by atoms with van der Waals surface area (Å²) in [5.41, 5.74) is 2.16. The summed E-state index contributed by atoms with van der Waals surface area (Å²) < 4.78 is 0. The van der Waals surface area contributed by atoms with Crippen molar-refractivity contribution in [1.82, 2.24) is 15.3 Å². The van der Waals surface area contributed by atoms with Gasteiger partial charge in [0.25, 0.3) is 0 Å². The lowest BCUT2D eigenvalue weighted by molar-refractivity contribution is -0.117. The summed E-state index contributed by atoms with van der Waals surface area (Å²) in [6.45, 7) is 3.37. The molecule has 0 aliphatic heterocycles. The van der Waals surface area contributed by atoms with E-state index in [1.54, 1.807) is 22.6 Å². The maximum atomic E-state index is 12.2. The molecule has 2 aromatic heterocycles. The first-order valence-electron chi connectivity index (χ1n) is 8.75. The largest absolute Gasteiger partial charge is 0.344 e. The molecular formula is C21H20N4O2S. The molecule has 0 bridgehead atoms. The van der Waals surface area contributed by atoms with Gasteiger partial charge in [0.2, 0.25) is 11.8 Å². The number of pyridine rings is 1. The number of benzene rings is 1. The molecule has 0 spiro atoms. The Kier molecular flexibility index (Phi) is 6.29. The van der Waals surface area contributed by atoms with E-state index in [9.17, 15) is 9.59 Å². The third kappa shape index (κ3) is 4.89. The van der Waals surface area contributed by atoms with E-state index in [0.29, 0.717) is 10.8 Å². The quantitative estimate of drug-likeness (QED) is 0.641. The van der Waals surface area contributed by atoms with E-state index < -0.39 is 0 Å². The van der Waals surface area contributed by atoms with Crippen molar-refractivity contribution in [2.45, 2.75) is 19.9 Å². The van der Waals surface area contributed by atoms with Crippen LogP contribution < -0.4 is 10.2 Å². The Balaban J connectivity index is 1.68. The molecule has 28 heavy (non-hydrogen) atoms. The standard InChI is InChI=1S/C21H20N4O2S/c1-15(19-10-6-7-13-22-19)23-20(27)12-11-17-14-28-21(24-17)25(16(2)26)18-8-4-3-5-9-18/h3-15H,1-2H3,(H,23,27)/b12-11+. The SMILES string of the molecule is CC(=O)N(c1ccccc1)c1nc(/C=C/C(=O)NC(C)c2ccccn2)cs1.